The van der Waals surface area contributed by atoms with E-state index in [1.807, 2.05) is 6.07 Å². The molecule has 0 fully saturated rings. The molecule has 0 aliphatic heterocycles. The van der Waals surface area contributed by atoms with Crippen LogP contribution in [0, 0.1) is 11.3 Å². The van der Waals surface area contributed by atoms with E-state index in [0.29, 0.717) is 17.3 Å². The highest BCUT2D eigenvalue weighted by atomic mass is 79.9. The van der Waals surface area contributed by atoms with Gasteiger partial charge < -0.3 is 5.32 Å². The zero-order valence-electron chi connectivity index (χ0n) is 12.2. The lowest BCUT2D eigenvalue weighted by Crippen LogP contribution is -2.25. The Morgan fingerprint density at radius 3 is 2.33 bits per heavy atom. The Balaban J connectivity index is 2.73. The summed E-state index contributed by atoms with van der Waals surface area (Å²) in [5.41, 5.74) is 0.304. The standard InChI is InChI=1S/C14H24BrN3/c1-9(2)13-17-11(15)7-12(18-13)16-8-10(3)14(4,5)6/h7,9-10H,8H2,1-6H3,(H,16,17,18). The number of hydrogen-bond donors (Lipinski definition) is 1. The van der Waals surface area contributed by atoms with Crippen molar-refractivity contribution >= 4 is 21.7 Å². The third-order valence-corrected chi connectivity index (χ3v) is 3.70. The van der Waals surface area contributed by atoms with E-state index in [-0.39, 0.29) is 0 Å². The lowest BCUT2D eigenvalue weighted by Gasteiger charge is -2.27. The average Bonchev–Trinajstić information content (AvgIpc) is 2.23. The van der Waals surface area contributed by atoms with Gasteiger partial charge in [-0.05, 0) is 27.3 Å². The van der Waals surface area contributed by atoms with Gasteiger partial charge in [0.25, 0.3) is 0 Å². The molecule has 1 unspecified atom stereocenters. The second-order valence-corrected chi connectivity index (χ2v) is 7.05. The zero-order valence-corrected chi connectivity index (χ0v) is 13.8. The van der Waals surface area contributed by atoms with Gasteiger partial charge >= 0.3 is 0 Å². The molecule has 3 nitrogen and oxygen atoms in total. The van der Waals surface area contributed by atoms with E-state index in [2.05, 4.69) is 72.8 Å². The molecule has 0 aliphatic carbocycles. The summed E-state index contributed by atoms with van der Waals surface area (Å²) in [6.07, 6.45) is 0. The van der Waals surface area contributed by atoms with E-state index in [9.17, 15) is 0 Å². The lowest BCUT2D eigenvalue weighted by molar-refractivity contribution is 0.274. The fraction of sp³-hybridized carbons (Fsp3) is 0.714. The summed E-state index contributed by atoms with van der Waals surface area (Å²) in [6.45, 7) is 14.2. The van der Waals surface area contributed by atoms with Crippen LogP contribution in [0.2, 0.25) is 0 Å². The highest BCUT2D eigenvalue weighted by Crippen LogP contribution is 2.25. The molecule has 0 saturated heterocycles. The van der Waals surface area contributed by atoms with E-state index >= 15 is 0 Å². The molecule has 0 aromatic carbocycles. The van der Waals surface area contributed by atoms with Gasteiger partial charge in [-0.15, -0.1) is 0 Å². The van der Waals surface area contributed by atoms with Crippen molar-refractivity contribution in [3.05, 3.63) is 16.5 Å². The van der Waals surface area contributed by atoms with Crippen LogP contribution in [0.25, 0.3) is 0 Å². The first kappa shape index (κ1) is 15.4. The SMILES string of the molecule is CC(C)c1nc(Br)cc(NCC(C)C(C)(C)C)n1. The van der Waals surface area contributed by atoms with Gasteiger partial charge in [0.2, 0.25) is 0 Å². The maximum atomic E-state index is 4.53. The second kappa shape index (κ2) is 6.00. The predicted octanol–water partition coefficient (Wildman–Crippen LogP) is 4.46. The Labute approximate surface area is 119 Å². The minimum absolute atomic E-state index is 0.304. The molecule has 4 heteroatoms. The van der Waals surface area contributed by atoms with Crippen molar-refractivity contribution in [2.45, 2.75) is 47.5 Å². The van der Waals surface area contributed by atoms with Crippen molar-refractivity contribution in [3.63, 3.8) is 0 Å². The van der Waals surface area contributed by atoms with Gasteiger partial charge in [0.05, 0.1) is 0 Å². The minimum Gasteiger partial charge on any atom is -0.370 e. The van der Waals surface area contributed by atoms with E-state index in [1.54, 1.807) is 0 Å². The molecule has 1 atom stereocenters. The molecule has 1 aromatic heterocycles. The smallest absolute Gasteiger partial charge is 0.134 e. The zero-order chi connectivity index (χ0) is 13.9. The normalized spacial score (nSPS) is 13.8. The summed E-state index contributed by atoms with van der Waals surface area (Å²) in [5.74, 6) is 2.68. The quantitative estimate of drug-likeness (QED) is 0.834. The Morgan fingerprint density at radius 2 is 1.83 bits per heavy atom. The summed E-state index contributed by atoms with van der Waals surface area (Å²) >= 11 is 3.44. The van der Waals surface area contributed by atoms with Gasteiger partial charge in [0.1, 0.15) is 16.2 Å². The first-order chi connectivity index (χ1) is 8.20. The second-order valence-electron chi connectivity index (χ2n) is 6.24. The highest BCUT2D eigenvalue weighted by molar-refractivity contribution is 9.10. The van der Waals surface area contributed by atoms with Crippen LogP contribution in [0.3, 0.4) is 0 Å². The molecule has 0 spiro atoms. The Morgan fingerprint density at radius 1 is 1.22 bits per heavy atom. The van der Waals surface area contributed by atoms with Crippen LogP contribution >= 0.6 is 15.9 Å². The molecular formula is C14H24BrN3. The average molecular weight is 314 g/mol. The maximum Gasteiger partial charge on any atom is 0.134 e. The molecule has 0 amide bonds. The molecule has 0 saturated carbocycles. The van der Waals surface area contributed by atoms with Crippen LogP contribution < -0.4 is 5.32 Å². The number of hydrogen-bond acceptors (Lipinski definition) is 3. The van der Waals surface area contributed by atoms with Crippen LogP contribution in [-0.4, -0.2) is 16.5 Å². The number of anilines is 1. The summed E-state index contributed by atoms with van der Waals surface area (Å²) in [7, 11) is 0. The van der Waals surface area contributed by atoms with Crippen LogP contribution in [0.4, 0.5) is 5.82 Å². The predicted molar refractivity (Wildman–Crippen MR) is 80.9 cm³/mol. The third-order valence-electron chi connectivity index (χ3n) is 3.30. The van der Waals surface area contributed by atoms with E-state index in [1.165, 1.54) is 0 Å². The summed E-state index contributed by atoms with van der Waals surface area (Å²) in [5, 5.41) is 3.41. The summed E-state index contributed by atoms with van der Waals surface area (Å²) in [4.78, 5) is 8.91. The fourth-order valence-electron chi connectivity index (χ4n) is 1.35. The minimum atomic E-state index is 0.304. The molecule has 1 aromatic rings. The van der Waals surface area contributed by atoms with Gasteiger partial charge in [-0.1, -0.05) is 41.5 Å². The first-order valence-corrected chi connectivity index (χ1v) is 7.27. The number of nitrogens with one attached hydrogen (secondary N) is 1. The van der Waals surface area contributed by atoms with E-state index in [4.69, 9.17) is 0 Å². The van der Waals surface area contributed by atoms with Crippen LogP contribution in [0.1, 0.15) is 53.3 Å². The number of aromatic nitrogens is 2. The monoisotopic (exact) mass is 313 g/mol. The molecule has 1 rings (SSSR count). The molecule has 102 valence electrons. The maximum absolute atomic E-state index is 4.53. The Bertz CT molecular complexity index is 397. The van der Waals surface area contributed by atoms with Gasteiger partial charge in [-0.2, -0.15) is 0 Å². The topological polar surface area (TPSA) is 37.8 Å². The lowest BCUT2D eigenvalue weighted by atomic mass is 9.82. The van der Waals surface area contributed by atoms with Crippen molar-refractivity contribution in [2.24, 2.45) is 11.3 Å². The van der Waals surface area contributed by atoms with Crippen molar-refractivity contribution in [1.29, 1.82) is 0 Å². The van der Waals surface area contributed by atoms with Crippen molar-refractivity contribution < 1.29 is 0 Å². The number of halogens is 1. The van der Waals surface area contributed by atoms with E-state index < -0.39 is 0 Å². The fourth-order valence-corrected chi connectivity index (χ4v) is 1.75. The van der Waals surface area contributed by atoms with Crippen molar-refractivity contribution in [2.75, 3.05) is 11.9 Å². The van der Waals surface area contributed by atoms with Crippen molar-refractivity contribution in [3.8, 4) is 0 Å². The molecule has 18 heavy (non-hydrogen) atoms. The number of rotatable bonds is 4. The van der Waals surface area contributed by atoms with E-state index in [0.717, 1.165) is 22.8 Å². The van der Waals surface area contributed by atoms with Gasteiger partial charge in [-0.25, -0.2) is 9.97 Å². The van der Waals surface area contributed by atoms with Crippen LogP contribution in [0.5, 0.6) is 0 Å². The largest absolute Gasteiger partial charge is 0.370 e. The Kier molecular flexibility index (Phi) is 5.14. The van der Waals surface area contributed by atoms with Gasteiger partial charge in [0, 0.05) is 18.5 Å². The molecular weight excluding hydrogens is 290 g/mol. The first-order valence-electron chi connectivity index (χ1n) is 6.48. The Hall–Kier alpha value is -0.640. The summed E-state index contributed by atoms with van der Waals surface area (Å²) in [6, 6.07) is 1.93. The molecule has 0 aliphatic rings. The van der Waals surface area contributed by atoms with Crippen LogP contribution in [0.15, 0.2) is 10.7 Å². The van der Waals surface area contributed by atoms with Crippen molar-refractivity contribution in [1.82, 2.24) is 9.97 Å². The van der Waals surface area contributed by atoms with Gasteiger partial charge in [0.15, 0.2) is 0 Å². The molecule has 1 heterocycles. The molecule has 0 radical (unpaired) electrons. The number of nitrogens with zero attached hydrogens (tertiary/aromatic N) is 2. The molecule has 1 N–H and O–H groups in total. The van der Waals surface area contributed by atoms with Crippen LogP contribution in [-0.2, 0) is 0 Å². The third kappa shape index (κ3) is 4.56. The van der Waals surface area contributed by atoms with Gasteiger partial charge in [-0.3, -0.25) is 0 Å². The molecule has 0 bridgehead atoms. The summed E-state index contributed by atoms with van der Waals surface area (Å²) < 4.78 is 0.840. The highest BCUT2D eigenvalue weighted by Gasteiger charge is 2.19.